The lowest BCUT2D eigenvalue weighted by molar-refractivity contribution is -0.122. The highest BCUT2D eigenvalue weighted by Gasteiger charge is 2.05. The van der Waals surface area contributed by atoms with Gasteiger partial charge in [-0.2, -0.15) is 0 Å². The van der Waals surface area contributed by atoms with Crippen LogP contribution in [0.3, 0.4) is 0 Å². The molecule has 0 fully saturated rings. The minimum Gasteiger partial charge on any atom is -0.379 e. The second kappa shape index (κ2) is 14.1. The van der Waals surface area contributed by atoms with E-state index < -0.39 is 0 Å². The minimum absolute atomic E-state index is 0.00886. The molecule has 6 nitrogen and oxygen atoms in total. The molecule has 28 heavy (non-hydrogen) atoms. The summed E-state index contributed by atoms with van der Waals surface area (Å²) in [6.45, 7) is 11.3. The molecule has 1 aromatic rings. The van der Waals surface area contributed by atoms with Gasteiger partial charge in [-0.15, -0.1) is 0 Å². The Hall–Kier alpha value is -1.92. The summed E-state index contributed by atoms with van der Waals surface area (Å²) in [6.07, 6.45) is 1.37. The van der Waals surface area contributed by atoms with Crippen molar-refractivity contribution in [3.63, 3.8) is 0 Å². The fourth-order valence-electron chi connectivity index (χ4n) is 2.50. The monoisotopic (exact) mass is 392 g/mol. The number of hydrogen-bond acceptors (Lipinski definition) is 4. The minimum atomic E-state index is -0.0941. The van der Waals surface area contributed by atoms with Gasteiger partial charge in [0.05, 0.1) is 26.4 Å². The van der Waals surface area contributed by atoms with Crippen LogP contribution < -0.4 is 10.6 Å². The van der Waals surface area contributed by atoms with Crippen LogP contribution in [0.5, 0.6) is 0 Å². The first kappa shape index (κ1) is 24.1. The van der Waals surface area contributed by atoms with E-state index >= 15 is 0 Å². The second-order valence-corrected chi connectivity index (χ2v) is 7.72. The molecule has 2 amide bonds. The second-order valence-electron chi connectivity index (χ2n) is 7.72. The summed E-state index contributed by atoms with van der Waals surface area (Å²) < 4.78 is 10.8. The zero-order valence-corrected chi connectivity index (χ0v) is 17.8. The molecule has 0 radical (unpaired) electrons. The van der Waals surface area contributed by atoms with E-state index in [9.17, 15) is 9.59 Å². The Morgan fingerprint density at radius 3 is 2.11 bits per heavy atom. The van der Waals surface area contributed by atoms with E-state index in [4.69, 9.17) is 9.47 Å². The predicted molar refractivity (Wildman–Crippen MR) is 111 cm³/mol. The van der Waals surface area contributed by atoms with Crippen molar-refractivity contribution >= 4 is 11.8 Å². The first-order valence-electron chi connectivity index (χ1n) is 10.2. The van der Waals surface area contributed by atoms with Crippen molar-refractivity contribution in [1.29, 1.82) is 0 Å². The number of carbonyl (C=O) groups excluding carboxylic acids is 2. The van der Waals surface area contributed by atoms with E-state index in [1.54, 1.807) is 0 Å². The third kappa shape index (κ3) is 11.7. The summed E-state index contributed by atoms with van der Waals surface area (Å²) in [5.41, 5.74) is 1.90. The van der Waals surface area contributed by atoms with Crippen LogP contribution in [0.1, 0.15) is 50.0 Å². The SMILES string of the molecule is CC(C)CNC(=O)CCOCCOCCNC(=O)c1ccc(CC(C)C)cc1. The van der Waals surface area contributed by atoms with E-state index in [1.165, 1.54) is 5.56 Å². The topological polar surface area (TPSA) is 76.7 Å². The Balaban J connectivity index is 2.02. The summed E-state index contributed by atoms with van der Waals surface area (Å²) in [5.74, 6) is 0.962. The highest BCUT2D eigenvalue weighted by Crippen LogP contribution is 2.09. The Kier molecular flexibility index (Phi) is 12.2. The Morgan fingerprint density at radius 1 is 0.857 bits per heavy atom. The summed E-state index contributed by atoms with van der Waals surface area (Å²) in [6, 6.07) is 7.73. The molecule has 0 heterocycles. The van der Waals surface area contributed by atoms with Crippen LogP contribution >= 0.6 is 0 Å². The lowest BCUT2D eigenvalue weighted by Gasteiger charge is -2.09. The van der Waals surface area contributed by atoms with Crippen molar-refractivity contribution in [1.82, 2.24) is 10.6 Å². The lowest BCUT2D eigenvalue weighted by Crippen LogP contribution is -2.28. The van der Waals surface area contributed by atoms with Crippen LogP contribution in [0.15, 0.2) is 24.3 Å². The van der Waals surface area contributed by atoms with Gasteiger partial charge in [-0.25, -0.2) is 0 Å². The summed E-state index contributed by atoms with van der Waals surface area (Å²) in [5, 5.41) is 5.69. The van der Waals surface area contributed by atoms with Crippen LogP contribution in [0.4, 0.5) is 0 Å². The van der Waals surface area contributed by atoms with Crippen LogP contribution in [-0.4, -0.2) is 51.3 Å². The van der Waals surface area contributed by atoms with Gasteiger partial charge in [0.1, 0.15) is 0 Å². The van der Waals surface area contributed by atoms with Crippen LogP contribution in [0.2, 0.25) is 0 Å². The van der Waals surface area contributed by atoms with Crippen molar-refractivity contribution in [3.05, 3.63) is 35.4 Å². The number of carbonyl (C=O) groups is 2. The van der Waals surface area contributed by atoms with Crippen molar-refractivity contribution < 1.29 is 19.1 Å². The Morgan fingerprint density at radius 2 is 1.50 bits per heavy atom. The zero-order valence-electron chi connectivity index (χ0n) is 17.8. The molecule has 0 saturated carbocycles. The Labute approximate surface area is 169 Å². The average molecular weight is 393 g/mol. The van der Waals surface area contributed by atoms with Gasteiger partial charge >= 0.3 is 0 Å². The van der Waals surface area contributed by atoms with E-state index in [0.717, 1.165) is 6.42 Å². The molecule has 0 saturated heterocycles. The van der Waals surface area contributed by atoms with E-state index in [2.05, 4.69) is 38.3 Å². The van der Waals surface area contributed by atoms with Gasteiger partial charge in [-0.3, -0.25) is 9.59 Å². The van der Waals surface area contributed by atoms with Gasteiger partial charge < -0.3 is 20.1 Å². The van der Waals surface area contributed by atoms with Gasteiger partial charge in [0.25, 0.3) is 5.91 Å². The third-order valence-electron chi connectivity index (χ3n) is 3.94. The third-order valence-corrected chi connectivity index (χ3v) is 3.94. The normalized spacial score (nSPS) is 11.1. The average Bonchev–Trinajstić information content (AvgIpc) is 2.65. The molecule has 0 aliphatic carbocycles. The fraction of sp³-hybridized carbons (Fsp3) is 0.636. The number of ether oxygens (including phenoxy) is 2. The van der Waals surface area contributed by atoms with Gasteiger partial charge in [0, 0.05) is 25.1 Å². The molecule has 1 rings (SSSR count). The fourth-order valence-corrected chi connectivity index (χ4v) is 2.50. The largest absolute Gasteiger partial charge is 0.379 e. The van der Waals surface area contributed by atoms with Gasteiger partial charge in [-0.1, -0.05) is 39.8 Å². The van der Waals surface area contributed by atoms with Crippen LogP contribution in [0, 0.1) is 11.8 Å². The summed E-state index contributed by atoms with van der Waals surface area (Å²) in [7, 11) is 0. The smallest absolute Gasteiger partial charge is 0.251 e. The molecule has 158 valence electrons. The van der Waals surface area contributed by atoms with Gasteiger partial charge in [0.2, 0.25) is 5.91 Å². The van der Waals surface area contributed by atoms with Crippen LogP contribution in [0.25, 0.3) is 0 Å². The molecule has 0 atom stereocenters. The molecule has 0 spiro atoms. The van der Waals surface area contributed by atoms with Crippen molar-refractivity contribution in [2.75, 3.05) is 39.5 Å². The molecular formula is C22H36N2O4. The molecule has 1 aromatic carbocycles. The van der Waals surface area contributed by atoms with Crippen molar-refractivity contribution in [3.8, 4) is 0 Å². The molecule has 0 bridgehead atoms. The summed E-state index contributed by atoms with van der Waals surface area (Å²) >= 11 is 0. The molecular weight excluding hydrogens is 356 g/mol. The first-order chi connectivity index (χ1) is 13.4. The molecule has 0 aliphatic heterocycles. The highest BCUT2D eigenvalue weighted by atomic mass is 16.5. The van der Waals surface area contributed by atoms with E-state index in [-0.39, 0.29) is 11.8 Å². The molecule has 0 unspecified atom stereocenters. The lowest BCUT2D eigenvalue weighted by atomic mass is 10.0. The number of rotatable bonds is 14. The van der Waals surface area contributed by atoms with Gasteiger partial charge in [0.15, 0.2) is 0 Å². The zero-order chi connectivity index (χ0) is 20.8. The van der Waals surface area contributed by atoms with Crippen molar-refractivity contribution in [2.24, 2.45) is 11.8 Å². The maximum atomic E-state index is 12.1. The number of benzene rings is 1. The standard InChI is InChI=1S/C22H36N2O4/c1-17(2)15-19-5-7-20(8-6-19)22(26)23-10-12-28-14-13-27-11-9-21(25)24-16-18(3)4/h5-8,17-18H,9-16H2,1-4H3,(H,23,26)(H,24,25). The van der Waals surface area contributed by atoms with Crippen LogP contribution in [-0.2, 0) is 20.7 Å². The number of amides is 2. The highest BCUT2D eigenvalue weighted by molar-refractivity contribution is 5.94. The van der Waals surface area contributed by atoms with E-state index in [0.29, 0.717) is 63.3 Å². The Bertz CT molecular complexity index is 570. The van der Waals surface area contributed by atoms with Gasteiger partial charge in [-0.05, 0) is 36.0 Å². The molecule has 0 aliphatic rings. The predicted octanol–water partition coefficient (Wildman–Crippen LogP) is 2.81. The maximum absolute atomic E-state index is 12.1. The van der Waals surface area contributed by atoms with E-state index in [1.807, 2.05) is 24.3 Å². The van der Waals surface area contributed by atoms with Crippen molar-refractivity contribution in [2.45, 2.75) is 40.5 Å². The maximum Gasteiger partial charge on any atom is 0.251 e. The molecule has 2 N–H and O–H groups in total. The molecule has 0 aromatic heterocycles. The first-order valence-corrected chi connectivity index (χ1v) is 10.2. The summed E-state index contributed by atoms with van der Waals surface area (Å²) in [4.78, 5) is 23.6. The molecule has 6 heteroatoms. The quantitative estimate of drug-likeness (QED) is 0.477. The number of hydrogen-bond donors (Lipinski definition) is 2. The number of nitrogens with one attached hydrogen (secondary N) is 2.